The number of ether oxygens (including phenoxy) is 1. The molecule has 0 amide bonds. The SMILES string of the molecule is CCC(CC)N(CCCl)Cc1cccnc1OC. The molecule has 3 nitrogen and oxygen atoms in total. The van der Waals surface area contributed by atoms with E-state index in [1.165, 1.54) is 0 Å². The number of methoxy groups -OCH3 is 1. The second kappa shape index (κ2) is 8.33. The maximum Gasteiger partial charge on any atom is 0.217 e. The van der Waals surface area contributed by atoms with E-state index in [4.69, 9.17) is 16.3 Å². The number of hydrogen-bond acceptors (Lipinski definition) is 3. The third kappa shape index (κ3) is 4.14. The van der Waals surface area contributed by atoms with Gasteiger partial charge in [0.25, 0.3) is 0 Å². The number of rotatable bonds is 8. The van der Waals surface area contributed by atoms with Gasteiger partial charge in [0.1, 0.15) is 0 Å². The summed E-state index contributed by atoms with van der Waals surface area (Å²) in [6.45, 7) is 6.17. The van der Waals surface area contributed by atoms with Gasteiger partial charge in [0, 0.05) is 36.8 Å². The largest absolute Gasteiger partial charge is 0.481 e. The van der Waals surface area contributed by atoms with Crippen LogP contribution in [-0.4, -0.2) is 35.5 Å². The number of alkyl halides is 1. The zero-order valence-corrected chi connectivity index (χ0v) is 12.3. The minimum Gasteiger partial charge on any atom is -0.481 e. The summed E-state index contributed by atoms with van der Waals surface area (Å²) in [4.78, 5) is 6.65. The third-order valence-electron chi connectivity index (χ3n) is 3.25. The number of aromatic nitrogens is 1. The van der Waals surface area contributed by atoms with Crippen molar-refractivity contribution < 1.29 is 4.74 Å². The number of nitrogens with zero attached hydrogens (tertiary/aromatic N) is 2. The molecule has 0 aliphatic heterocycles. The fourth-order valence-electron chi connectivity index (χ4n) is 2.25. The number of hydrogen-bond donors (Lipinski definition) is 0. The Balaban J connectivity index is 2.81. The first-order valence-electron chi connectivity index (χ1n) is 6.54. The van der Waals surface area contributed by atoms with Crippen molar-refractivity contribution in [2.75, 3.05) is 19.5 Å². The van der Waals surface area contributed by atoms with Crippen LogP contribution in [0, 0.1) is 0 Å². The van der Waals surface area contributed by atoms with E-state index in [9.17, 15) is 0 Å². The van der Waals surface area contributed by atoms with Crippen LogP contribution >= 0.6 is 11.6 Å². The van der Waals surface area contributed by atoms with Crippen molar-refractivity contribution in [1.82, 2.24) is 9.88 Å². The molecular weight excluding hydrogens is 248 g/mol. The van der Waals surface area contributed by atoms with E-state index >= 15 is 0 Å². The molecule has 1 aromatic heterocycles. The Morgan fingerprint density at radius 3 is 2.67 bits per heavy atom. The second-order valence-corrected chi connectivity index (χ2v) is 4.68. The molecule has 1 heterocycles. The van der Waals surface area contributed by atoms with Crippen LogP contribution in [0.2, 0.25) is 0 Å². The van der Waals surface area contributed by atoms with Crippen molar-refractivity contribution >= 4 is 11.6 Å². The molecule has 0 aromatic carbocycles. The molecule has 0 saturated heterocycles. The molecule has 0 fully saturated rings. The lowest BCUT2D eigenvalue weighted by atomic mass is 10.1. The summed E-state index contributed by atoms with van der Waals surface area (Å²) in [6.07, 6.45) is 4.03. The minimum absolute atomic E-state index is 0.564. The maximum absolute atomic E-state index is 5.91. The first kappa shape index (κ1) is 15.3. The summed E-state index contributed by atoms with van der Waals surface area (Å²) in [5, 5.41) is 0. The highest BCUT2D eigenvalue weighted by Gasteiger charge is 2.16. The van der Waals surface area contributed by atoms with Gasteiger partial charge < -0.3 is 4.74 Å². The predicted octanol–water partition coefficient (Wildman–Crippen LogP) is 3.32. The van der Waals surface area contributed by atoms with Gasteiger partial charge in [-0.15, -0.1) is 11.6 Å². The summed E-state index contributed by atoms with van der Waals surface area (Å²) >= 11 is 5.91. The Morgan fingerprint density at radius 2 is 2.11 bits per heavy atom. The van der Waals surface area contributed by atoms with Crippen molar-refractivity contribution in [1.29, 1.82) is 0 Å². The summed E-state index contributed by atoms with van der Waals surface area (Å²) in [6, 6.07) is 4.58. The van der Waals surface area contributed by atoms with Crippen molar-refractivity contribution in [3.63, 3.8) is 0 Å². The molecule has 0 aliphatic carbocycles. The van der Waals surface area contributed by atoms with Gasteiger partial charge in [-0.3, -0.25) is 4.90 Å². The fraction of sp³-hybridized carbons (Fsp3) is 0.643. The molecule has 1 rings (SSSR count). The van der Waals surface area contributed by atoms with Crippen LogP contribution in [0.15, 0.2) is 18.3 Å². The molecule has 102 valence electrons. The van der Waals surface area contributed by atoms with Crippen LogP contribution in [0.4, 0.5) is 0 Å². The first-order valence-corrected chi connectivity index (χ1v) is 7.08. The third-order valence-corrected chi connectivity index (χ3v) is 3.42. The zero-order chi connectivity index (χ0) is 13.4. The van der Waals surface area contributed by atoms with Gasteiger partial charge in [-0.05, 0) is 18.9 Å². The Hall–Kier alpha value is -0.800. The van der Waals surface area contributed by atoms with Crippen LogP contribution in [0.5, 0.6) is 5.88 Å². The average Bonchev–Trinajstić information content (AvgIpc) is 2.41. The van der Waals surface area contributed by atoms with Gasteiger partial charge >= 0.3 is 0 Å². The molecule has 1 aromatic rings. The highest BCUT2D eigenvalue weighted by Crippen LogP contribution is 2.19. The molecule has 0 atom stereocenters. The Labute approximate surface area is 115 Å². The van der Waals surface area contributed by atoms with Crippen LogP contribution in [0.3, 0.4) is 0 Å². The van der Waals surface area contributed by atoms with Crippen molar-refractivity contribution in [2.24, 2.45) is 0 Å². The first-order chi connectivity index (χ1) is 8.76. The van der Waals surface area contributed by atoms with Crippen molar-refractivity contribution in [3.8, 4) is 5.88 Å². The van der Waals surface area contributed by atoms with Gasteiger partial charge in [0.2, 0.25) is 5.88 Å². The van der Waals surface area contributed by atoms with Gasteiger partial charge in [-0.2, -0.15) is 0 Å². The van der Waals surface area contributed by atoms with E-state index in [1.54, 1.807) is 13.3 Å². The quantitative estimate of drug-likeness (QED) is 0.678. The molecular formula is C14H23ClN2O. The lowest BCUT2D eigenvalue weighted by Crippen LogP contribution is -2.35. The molecule has 18 heavy (non-hydrogen) atoms. The van der Waals surface area contributed by atoms with E-state index in [-0.39, 0.29) is 0 Å². The van der Waals surface area contributed by atoms with E-state index in [1.807, 2.05) is 6.07 Å². The smallest absolute Gasteiger partial charge is 0.217 e. The number of pyridine rings is 1. The molecule has 0 spiro atoms. The van der Waals surface area contributed by atoms with Gasteiger partial charge in [0.15, 0.2) is 0 Å². The monoisotopic (exact) mass is 270 g/mol. The second-order valence-electron chi connectivity index (χ2n) is 4.30. The number of halogens is 1. The molecule has 4 heteroatoms. The van der Waals surface area contributed by atoms with Crippen molar-refractivity contribution in [2.45, 2.75) is 39.3 Å². The van der Waals surface area contributed by atoms with Gasteiger partial charge in [-0.25, -0.2) is 4.98 Å². The van der Waals surface area contributed by atoms with Gasteiger partial charge in [0.05, 0.1) is 7.11 Å². The van der Waals surface area contributed by atoms with E-state index in [0.717, 1.165) is 31.5 Å². The lowest BCUT2D eigenvalue weighted by Gasteiger charge is -2.30. The molecule has 0 radical (unpaired) electrons. The Morgan fingerprint density at radius 1 is 1.39 bits per heavy atom. The lowest BCUT2D eigenvalue weighted by molar-refractivity contribution is 0.185. The maximum atomic E-state index is 5.91. The molecule has 0 bridgehead atoms. The molecule has 0 unspecified atom stereocenters. The van der Waals surface area contributed by atoms with Crippen LogP contribution < -0.4 is 4.74 Å². The summed E-state index contributed by atoms with van der Waals surface area (Å²) < 4.78 is 5.30. The minimum atomic E-state index is 0.564. The highest BCUT2D eigenvalue weighted by atomic mass is 35.5. The topological polar surface area (TPSA) is 25.4 Å². The van der Waals surface area contributed by atoms with E-state index in [0.29, 0.717) is 17.8 Å². The summed E-state index contributed by atoms with van der Waals surface area (Å²) in [5.74, 6) is 1.36. The van der Waals surface area contributed by atoms with Crippen molar-refractivity contribution in [3.05, 3.63) is 23.9 Å². The average molecular weight is 271 g/mol. The molecule has 0 aliphatic rings. The molecule has 0 N–H and O–H groups in total. The van der Waals surface area contributed by atoms with Crippen LogP contribution in [0.1, 0.15) is 32.3 Å². The highest BCUT2D eigenvalue weighted by molar-refractivity contribution is 6.18. The Bertz CT molecular complexity index is 342. The standard InChI is InChI=1S/C14H23ClN2O/c1-4-13(5-2)17(10-8-15)11-12-7-6-9-16-14(12)18-3/h6-7,9,13H,4-5,8,10-11H2,1-3H3. The van der Waals surface area contributed by atoms with Gasteiger partial charge in [-0.1, -0.05) is 19.9 Å². The van der Waals surface area contributed by atoms with E-state index in [2.05, 4.69) is 29.8 Å². The predicted molar refractivity (Wildman–Crippen MR) is 76.3 cm³/mol. The van der Waals surface area contributed by atoms with Crippen LogP contribution in [0.25, 0.3) is 0 Å². The Kier molecular flexibility index (Phi) is 7.06. The summed E-state index contributed by atoms with van der Waals surface area (Å²) in [7, 11) is 1.66. The summed E-state index contributed by atoms with van der Waals surface area (Å²) in [5.41, 5.74) is 1.12. The van der Waals surface area contributed by atoms with Crippen LogP contribution in [-0.2, 0) is 6.54 Å². The fourth-order valence-corrected chi connectivity index (χ4v) is 2.47. The van der Waals surface area contributed by atoms with E-state index < -0.39 is 0 Å². The molecule has 0 saturated carbocycles. The zero-order valence-electron chi connectivity index (χ0n) is 11.5. The normalized spacial score (nSPS) is 11.2.